The van der Waals surface area contributed by atoms with Crippen molar-refractivity contribution in [2.24, 2.45) is 5.92 Å². The Labute approximate surface area is 115 Å². The van der Waals surface area contributed by atoms with Crippen molar-refractivity contribution in [1.82, 2.24) is 10.2 Å². The Morgan fingerprint density at radius 3 is 2.79 bits per heavy atom. The van der Waals surface area contributed by atoms with Crippen LogP contribution in [0.2, 0.25) is 0 Å². The van der Waals surface area contributed by atoms with Crippen molar-refractivity contribution in [1.29, 1.82) is 5.26 Å². The molecule has 1 aromatic carbocycles. The summed E-state index contributed by atoms with van der Waals surface area (Å²) in [6.07, 6.45) is 3.62. The predicted molar refractivity (Wildman–Crippen MR) is 75.4 cm³/mol. The minimum Gasteiger partial charge on any atom is -0.298 e. The average molecular weight is 255 g/mol. The van der Waals surface area contributed by atoms with Gasteiger partial charge in [0.1, 0.15) is 5.54 Å². The van der Waals surface area contributed by atoms with Gasteiger partial charge in [0.2, 0.25) is 0 Å². The summed E-state index contributed by atoms with van der Waals surface area (Å²) in [4.78, 5) is 2.39. The van der Waals surface area contributed by atoms with Gasteiger partial charge in [0.05, 0.1) is 6.07 Å². The highest BCUT2D eigenvalue weighted by Gasteiger charge is 2.39. The molecule has 2 aliphatic rings. The third-order valence-electron chi connectivity index (χ3n) is 4.24. The maximum atomic E-state index is 9.49. The molecule has 3 rings (SSSR count). The topological polar surface area (TPSA) is 39.1 Å². The van der Waals surface area contributed by atoms with E-state index in [0.717, 1.165) is 38.5 Å². The van der Waals surface area contributed by atoms with E-state index in [9.17, 15) is 5.26 Å². The Morgan fingerprint density at radius 1 is 1.32 bits per heavy atom. The second-order valence-electron chi connectivity index (χ2n) is 5.96. The normalized spacial score (nSPS) is 27.3. The molecule has 1 aliphatic heterocycles. The molecule has 1 unspecified atom stereocenters. The molecular formula is C16H21N3. The van der Waals surface area contributed by atoms with E-state index in [1.54, 1.807) is 0 Å². The van der Waals surface area contributed by atoms with Gasteiger partial charge in [-0.05, 0) is 37.3 Å². The number of likely N-dealkylation sites (tertiary alicyclic amines) is 1. The molecule has 1 N–H and O–H groups in total. The SMILES string of the molecule is N#CC1(NCC2CC2)CCN(Cc2ccccc2)C1. The Kier molecular flexibility index (Phi) is 3.54. The van der Waals surface area contributed by atoms with Crippen molar-refractivity contribution in [3.63, 3.8) is 0 Å². The molecule has 1 heterocycles. The second kappa shape index (κ2) is 5.32. The lowest BCUT2D eigenvalue weighted by atomic mass is 10.0. The number of nitriles is 1. The molecule has 1 aliphatic carbocycles. The van der Waals surface area contributed by atoms with Gasteiger partial charge >= 0.3 is 0 Å². The summed E-state index contributed by atoms with van der Waals surface area (Å²) in [6, 6.07) is 13.0. The molecule has 2 fully saturated rings. The quantitative estimate of drug-likeness (QED) is 0.876. The van der Waals surface area contributed by atoms with E-state index in [1.165, 1.54) is 18.4 Å². The highest BCUT2D eigenvalue weighted by atomic mass is 15.2. The third-order valence-corrected chi connectivity index (χ3v) is 4.24. The number of benzene rings is 1. The van der Waals surface area contributed by atoms with Crippen LogP contribution in [0.3, 0.4) is 0 Å². The highest BCUT2D eigenvalue weighted by molar-refractivity contribution is 5.17. The van der Waals surface area contributed by atoms with Crippen molar-refractivity contribution >= 4 is 0 Å². The van der Waals surface area contributed by atoms with Crippen LogP contribution < -0.4 is 5.32 Å². The molecule has 0 bridgehead atoms. The molecule has 3 heteroatoms. The first-order valence-electron chi connectivity index (χ1n) is 7.22. The highest BCUT2D eigenvalue weighted by Crippen LogP contribution is 2.30. The van der Waals surface area contributed by atoms with Gasteiger partial charge in [-0.15, -0.1) is 0 Å². The molecule has 0 aromatic heterocycles. The summed E-state index contributed by atoms with van der Waals surface area (Å²) >= 11 is 0. The van der Waals surface area contributed by atoms with Gasteiger partial charge in [-0.3, -0.25) is 10.2 Å². The van der Waals surface area contributed by atoms with E-state index in [1.807, 2.05) is 6.07 Å². The van der Waals surface area contributed by atoms with Crippen molar-refractivity contribution in [3.8, 4) is 6.07 Å². The predicted octanol–water partition coefficient (Wildman–Crippen LogP) is 2.15. The van der Waals surface area contributed by atoms with Crippen LogP contribution in [-0.4, -0.2) is 30.1 Å². The molecular weight excluding hydrogens is 234 g/mol. The molecule has 1 saturated heterocycles. The second-order valence-corrected chi connectivity index (χ2v) is 5.96. The Balaban J connectivity index is 1.57. The van der Waals surface area contributed by atoms with Gasteiger partial charge in [-0.25, -0.2) is 0 Å². The maximum absolute atomic E-state index is 9.49. The van der Waals surface area contributed by atoms with E-state index in [2.05, 4.69) is 40.6 Å². The molecule has 19 heavy (non-hydrogen) atoms. The minimum absolute atomic E-state index is 0.308. The summed E-state index contributed by atoms with van der Waals surface area (Å²) in [7, 11) is 0. The lowest BCUT2D eigenvalue weighted by Crippen LogP contribution is -2.47. The summed E-state index contributed by atoms with van der Waals surface area (Å²) in [5.41, 5.74) is 1.02. The minimum atomic E-state index is -0.308. The summed E-state index contributed by atoms with van der Waals surface area (Å²) in [5.74, 6) is 0.827. The third kappa shape index (κ3) is 3.15. The molecule has 1 atom stereocenters. The molecule has 0 spiro atoms. The standard InChI is InChI=1S/C16H21N3/c17-12-16(18-10-14-6-7-14)8-9-19(13-16)11-15-4-2-1-3-5-15/h1-5,14,18H,6-11,13H2. The van der Waals surface area contributed by atoms with Crippen LogP contribution in [0.1, 0.15) is 24.8 Å². The summed E-state index contributed by atoms with van der Waals surface area (Å²) in [6.45, 7) is 3.84. The number of nitrogens with one attached hydrogen (secondary N) is 1. The summed E-state index contributed by atoms with van der Waals surface area (Å²) in [5, 5.41) is 13.0. The maximum Gasteiger partial charge on any atom is 0.120 e. The first-order valence-corrected chi connectivity index (χ1v) is 7.22. The summed E-state index contributed by atoms with van der Waals surface area (Å²) < 4.78 is 0. The molecule has 0 radical (unpaired) electrons. The van der Waals surface area contributed by atoms with Crippen LogP contribution in [0.15, 0.2) is 30.3 Å². The van der Waals surface area contributed by atoms with Crippen LogP contribution in [0.25, 0.3) is 0 Å². The van der Waals surface area contributed by atoms with Gasteiger partial charge in [-0.2, -0.15) is 5.26 Å². The Morgan fingerprint density at radius 2 is 2.11 bits per heavy atom. The fraction of sp³-hybridized carbons (Fsp3) is 0.562. The molecule has 1 saturated carbocycles. The van der Waals surface area contributed by atoms with Gasteiger partial charge in [-0.1, -0.05) is 30.3 Å². The van der Waals surface area contributed by atoms with E-state index < -0.39 is 0 Å². The molecule has 3 nitrogen and oxygen atoms in total. The zero-order valence-corrected chi connectivity index (χ0v) is 11.3. The smallest absolute Gasteiger partial charge is 0.120 e. The van der Waals surface area contributed by atoms with Crippen LogP contribution in [-0.2, 0) is 6.54 Å². The van der Waals surface area contributed by atoms with E-state index >= 15 is 0 Å². The zero-order chi connectivity index (χ0) is 13.1. The van der Waals surface area contributed by atoms with Crippen LogP contribution in [0.5, 0.6) is 0 Å². The number of rotatable bonds is 5. The molecule has 1 aromatic rings. The van der Waals surface area contributed by atoms with Crippen LogP contribution in [0, 0.1) is 17.2 Å². The fourth-order valence-corrected chi connectivity index (χ4v) is 2.80. The van der Waals surface area contributed by atoms with E-state index in [4.69, 9.17) is 0 Å². The van der Waals surface area contributed by atoms with Crippen LogP contribution >= 0.6 is 0 Å². The number of hydrogen-bond acceptors (Lipinski definition) is 3. The van der Waals surface area contributed by atoms with Crippen molar-refractivity contribution in [2.75, 3.05) is 19.6 Å². The first kappa shape index (κ1) is 12.7. The van der Waals surface area contributed by atoms with E-state index in [0.29, 0.717) is 0 Å². The largest absolute Gasteiger partial charge is 0.298 e. The number of hydrogen-bond donors (Lipinski definition) is 1. The fourth-order valence-electron chi connectivity index (χ4n) is 2.80. The zero-order valence-electron chi connectivity index (χ0n) is 11.3. The lowest BCUT2D eigenvalue weighted by Gasteiger charge is -2.23. The van der Waals surface area contributed by atoms with Gasteiger partial charge in [0, 0.05) is 19.6 Å². The van der Waals surface area contributed by atoms with Gasteiger partial charge in [0.25, 0.3) is 0 Å². The number of nitrogens with zero attached hydrogens (tertiary/aromatic N) is 2. The molecule has 100 valence electrons. The van der Waals surface area contributed by atoms with E-state index in [-0.39, 0.29) is 5.54 Å². The average Bonchev–Trinajstić information content (AvgIpc) is 3.20. The van der Waals surface area contributed by atoms with Gasteiger partial charge in [0.15, 0.2) is 0 Å². The van der Waals surface area contributed by atoms with Crippen molar-refractivity contribution in [3.05, 3.63) is 35.9 Å². The van der Waals surface area contributed by atoms with Crippen molar-refractivity contribution in [2.45, 2.75) is 31.3 Å². The Hall–Kier alpha value is -1.37. The monoisotopic (exact) mass is 255 g/mol. The molecule has 0 amide bonds. The first-order chi connectivity index (χ1) is 9.30. The Bertz CT molecular complexity index is 461. The lowest BCUT2D eigenvalue weighted by molar-refractivity contribution is 0.302. The van der Waals surface area contributed by atoms with Crippen molar-refractivity contribution < 1.29 is 0 Å². The van der Waals surface area contributed by atoms with Gasteiger partial charge < -0.3 is 0 Å². The van der Waals surface area contributed by atoms with Crippen LogP contribution in [0.4, 0.5) is 0 Å².